The van der Waals surface area contributed by atoms with Gasteiger partial charge in [0.15, 0.2) is 0 Å². The lowest BCUT2D eigenvalue weighted by molar-refractivity contribution is 0.232. The number of fused-ring (bicyclic) bond motifs is 1. The van der Waals surface area contributed by atoms with Gasteiger partial charge in [0, 0.05) is 0 Å². The second kappa shape index (κ2) is 11.3. The highest BCUT2D eigenvalue weighted by atomic mass is 16.6. The summed E-state index contributed by atoms with van der Waals surface area (Å²) in [7, 11) is 0. The number of epoxide rings is 1. The van der Waals surface area contributed by atoms with E-state index in [-0.39, 0.29) is 0 Å². The van der Waals surface area contributed by atoms with Crippen LogP contribution in [0.3, 0.4) is 0 Å². The molecule has 1 nitrogen and oxygen atoms in total. The van der Waals surface area contributed by atoms with Crippen LogP contribution in [-0.4, -0.2) is 12.2 Å². The van der Waals surface area contributed by atoms with Crippen LogP contribution in [0.5, 0.6) is 0 Å². The monoisotopic (exact) mass is 294 g/mol. The van der Waals surface area contributed by atoms with E-state index in [4.69, 9.17) is 4.74 Å². The van der Waals surface area contributed by atoms with E-state index in [1.54, 1.807) is 0 Å². The minimum absolute atomic E-state index is 0.671. The van der Waals surface area contributed by atoms with Gasteiger partial charge in [-0.1, -0.05) is 78.4 Å². The molecule has 0 aromatic carbocycles. The summed E-state index contributed by atoms with van der Waals surface area (Å²) in [6.07, 6.45) is 19.2. The van der Waals surface area contributed by atoms with Gasteiger partial charge in [-0.15, -0.1) is 0 Å². The van der Waals surface area contributed by atoms with Gasteiger partial charge in [0.1, 0.15) is 0 Å². The van der Waals surface area contributed by atoms with Gasteiger partial charge in [-0.3, -0.25) is 0 Å². The fourth-order valence-electron chi connectivity index (χ4n) is 3.59. The maximum absolute atomic E-state index is 5.63. The van der Waals surface area contributed by atoms with Gasteiger partial charge in [-0.05, 0) is 37.5 Å². The summed E-state index contributed by atoms with van der Waals surface area (Å²) in [5, 5.41) is 0. The molecule has 0 amide bonds. The van der Waals surface area contributed by atoms with Gasteiger partial charge in [-0.25, -0.2) is 0 Å². The van der Waals surface area contributed by atoms with Crippen molar-refractivity contribution < 1.29 is 4.74 Å². The summed E-state index contributed by atoms with van der Waals surface area (Å²) in [6.45, 7) is 9.03. The Bertz CT molecular complexity index is 245. The molecule has 0 bridgehead atoms. The van der Waals surface area contributed by atoms with E-state index < -0.39 is 0 Å². The summed E-state index contributed by atoms with van der Waals surface area (Å²) in [4.78, 5) is 0. The van der Waals surface area contributed by atoms with Gasteiger partial charge in [0.2, 0.25) is 0 Å². The van der Waals surface area contributed by atoms with E-state index in [0.29, 0.717) is 12.2 Å². The SMILES string of the molecule is CCC/C=C\CCC.CCCC1CC2OC2CC1CCC. The molecular weight excluding hydrogens is 256 g/mol. The molecule has 0 N–H and O–H groups in total. The highest BCUT2D eigenvalue weighted by Gasteiger charge is 2.47. The van der Waals surface area contributed by atoms with Crippen molar-refractivity contribution in [3.63, 3.8) is 0 Å². The van der Waals surface area contributed by atoms with Crippen LogP contribution in [0.25, 0.3) is 0 Å². The fraction of sp³-hybridized carbons (Fsp3) is 0.900. The Morgan fingerprint density at radius 2 is 1.14 bits per heavy atom. The first-order valence-corrected chi connectivity index (χ1v) is 9.57. The third kappa shape index (κ3) is 7.49. The smallest absolute Gasteiger partial charge is 0.0844 e. The molecule has 0 aromatic rings. The summed E-state index contributed by atoms with van der Waals surface area (Å²) in [6, 6.07) is 0. The maximum Gasteiger partial charge on any atom is 0.0844 e. The number of ether oxygens (including phenoxy) is 1. The third-order valence-electron chi connectivity index (χ3n) is 4.82. The van der Waals surface area contributed by atoms with E-state index in [1.807, 2.05) is 0 Å². The van der Waals surface area contributed by atoms with Gasteiger partial charge >= 0.3 is 0 Å². The number of hydrogen-bond acceptors (Lipinski definition) is 1. The Morgan fingerprint density at radius 3 is 1.48 bits per heavy atom. The first kappa shape index (κ1) is 18.7. The molecule has 0 radical (unpaired) electrons. The van der Waals surface area contributed by atoms with Crippen molar-refractivity contribution in [3.05, 3.63) is 12.2 Å². The van der Waals surface area contributed by atoms with Crippen molar-refractivity contribution in [1.29, 1.82) is 0 Å². The van der Waals surface area contributed by atoms with E-state index in [1.165, 1.54) is 64.2 Å². The molecule has 1 heteroatoms. The second-order valence-electron chi connectivity index (χ2n) is 6.83. The van der Waals surface area contributed by atoms with Crippen LogP contribution in [0.1, 0.15) is 91.9 Å². The van der Waals surface area contributed by atoms with Gasteiger partial charge < -0.3 is 4.74 Å². The van der Waals surface area contributed by atoms with E-state index >= 15 is 0 Å². The van der Waals surface area contributed by atoms with Crippen molar-refractivity contribution in [2.45, 2.75) is 104 Å². The summed E-state index contributed by atoms with van der Waals surface area (Å²) < 4.78 is 5.63. The Morgan fingerprint density at radius 1 is 0.714 bits per heavy atom. The largest absolute Gasteiger partial charge is 0.370 e. The van der Waals surface area contributed by atoms with Crippen LogP contribution >= 0.6 is 0 Å². The highest BCUT2D eigenvalue weighted by Crippen LogP contribution is 2.45. The fourth-order valence-corrected chi connectivity index (χ4v) is 3.59. The highest BCUT2D eigenvalue weighted by molar-refractivity contribution is 4.95. The number of rotatable bonds is 8. The summed E-state index contributed by atoms with van der Waals surface area (Å²) >= 11 is 0. The molecule has 4 unspecified atom stereocenters. The van der Waals surface area contributed by atoms with Gasteiger partial charge in [0.25, 0.3) is 0 Å². The van der Waals surface area contributed by atoms with Crippen LogP contribution in [-0.2, 0) is 4.74 Å². The lowest BCUT2D eigenvalue weighted by Gasteiger charge is -2.28. The summed E-state index contributed by atoms with van der Waals surface area (Å²) in [5.74, 6) is 1.96. The molecule has 1 heterocycles. The van der Waals surface area contributed by atoms with Crippen molar-refractivity contribution in [2.24, 2.45) is 11.8 Å². The van der Waals surface area contributed by atoms with Crippen molar-refractivity contribution in [1.82, 2.24) is 0 Å². The van der Waals surface area contributed by atoms with Crippen molar-refractivity contribution in [2.75, 3.05) is 0 Å². The molecule has 2 rings (SSSR count). The van der Waals surface area contributed by atoms with Crippen LogP contribution in [0.15, 0.2) is 12.2 Å². The third-order valence-corrected chi connectivity index (χ3v) is 4.82. The Balaban J connectivity index is 0.000000240. The van der Waals surface area contributed by atoms with Crippen LogP contribution in [0.4, 0.5) is 0 Å². The van der Waals surface area contributed by atoms with Crippen molar-refractivity contribution in [3.8, 4) is 0 Å². The first-order chi connectivity index (χ1) is 10.3. The quantitative estimate of drug-likeness (QED) is 0.366. The van der Waals surface area contributed by atoms with Crippen LogP contribution in [0.2, 0.25) is 0 Å². The van der Waals surface area contributed by atoms with E-state index in [2.05, 4.69) is 39.8 Å². The molecule has 21 heavy (non-hydrogen) atoms. The Kier molecular flexibility index (Phi) is 10.1. The molecule has 0 spiro atoms. The average Bonchev–Trinajstić information content (AvgIpc) is 3.23. The molecule has 2 aliphatic rings. The summed E-state index contributed by atoms with van der Waals surface area (Å²) in [5.41, 5.74) is 0. The van der Waals surface area contributed by atoms with Gasteiger partial charge in [-0.2, -0.15) is 0 Å². The van der Waals surface area contributed by atoms with Crippen LogP contribution in [0, 0.1) is 11.8 Å². The average molecular weight is 295 g/mol. The zero-order valence-corrected chi connectivity index (χ0v) is 14.9. The number of allylic oxidation sites excluding steroid dienone is 2. The Hall–Kier alpha value is -0.300. The Labute approximate surface area is 133 Å². The van der Waals surface area contributed by atoms with E-state index in [0.717, 1.165) is 11.8 Å². The molecule has 4 atom stereocenters. The maximum atomic E-state index is 5.63. The normalized spacial score (nSPS) is 30.7. The topological polar surface area (TPSA) is 12.5 Å². The van der Waals surface area contributed by atoms with Gasteiger partial charge in [0.05, 0.1) is 12.2 Å². The minimum Gasteiger partial charge on any atom is -0.370 e. The molecule has 1 aliphatic carbocycles. The van der Waals surface area contributed by atoms with Crippen molar-refractivity contribution >= 4 is 0 Å². The zero-order valence-electron chi connectivity index (χ0n) is 14.9. The standard InChI is InChI=1S/C12H22O.C8H16/c1-3-5-9-7-11-12(13-11)8-10(9)6-4-2;1-3-5-7-8-6-4-2/h9-12H,3-8H2,1-2H3;7-8H,3-6H2,1-2H3/b;8-7-. The zero-order chi connectivity index (χ0) is 15.5. The molecule has 1 aliphatic heterocycles. The lowest BCUT2D eigenvalue weighted by Crippen LogP contribution is -2.24. The number of hydrogen-bond donors (Lipinski definition) is 0. The molecule has 1 saturated carbocycles. The minimum atomic E-state index is 0.671. The van der Waals surface area contributed by atoms with Crippen LogP contribution < -0.4 is 0 Å². The predicted octanol–water partition coefficient (Wildman–Crippen LogP) is 6.52. The predicted molar refractivity (Wildman–Crippen MR) is 93.6 cm³/mol. The lowest BCUT2D eigenvalue weighted by atomic mass is 9.75. The molecule has 1 saturated heterocycles. The molecular formula is C20H38O. The molecule has 0 aromatic heterocycles. The van der Waals surface area contributed by atoms with E-state index in [9.17, 15) is 0 Å². The number of unbranched alkanes of at least 4 members (excludes halogenated alkanes) is 2. The molecule has 124 valence electrons. The first-order valence-electron chi connectivity index (χ1n) is 9.57. The second-order valence-corrected chi connectivity index (χ2v) is 6.83. The molecule has 2 fully saturated rings.